The van der Waals surface area contributed by atoms with Crippen LogP contribution in [-0.4, -0.2) is 30.6 Å². The zero-order valence-electron chi connectivity index (χ0n) is 13.7. The van der Waals surface area contributed by atoms with E-state index < -0.39 is 29.5 Å². The number of amides is 1. The molecule has 23 heavy (non-hydrogen) atoms. The summed E-state index contributed by atoms with van der Waals surface area (Å²) in [7, 11) is 1.21. The maximum Gasteiger partial charge on any atom is 0.408 e. The van der Waals surface area contributed by atoms with Gasteiger partial charge in [0.1, 0.15) is 11.6 Å². The van der Waals surface area contributed by atoms with Gasteiger partial charge in [-0.25, -0.2) is 9.59 Å². The van der Waals surface area contributed by atoms with Gasteiger partial charge in [-0.05, 0) is 32.4 Å². The van der Waals surface area contributed by atoms with E-state index in [2.05, 4.69) is 10.1 Å². The van der Waals surface area contributed by atoms with Crippen LogP contribution < -0.4 is 5.32 Å². The first kappa shape index (κ1) is 18.4. The molecular weight excluding hydrogens is 298 g/mol. The first-order valence-electron chi connectivity index (χ1n) is 7.07. The number of carbonyl (C=O) groups excluding carboxylic acids is 3. The van der Waals surface area contributed by atoms with Gasteiger partial charge in [0, 0.05) is 6.08 Å². The Morgan fingerprint density at radius 1 is 1.09 bits per heavy atom. The quantitative estimate of drug-likeness (QED) is 0.666. The minimum atomic E-state index is -0.952. The molecule has 0 saturated heterocycles. The molecule has 0 saturated carbocycles. The Morgan fingerprint density at radius 2 is 1.70 bits per heavy atom. The van der Waals surface area contributed by atoms with Gasteiger partial charge in [0.2, 0.25) is 0 Å². The van der Waals surface area contributed by atoms with Crippen molar-refractivity contribution < 1.29 is 23.9 Å². The van der Waals surface area contributed by atoms with Crippen LogP contribution in [0.3, 0.4) is 0 Å². The van der Waals surface area contributed by atoms with Gasteiger partial charge in [-0.3, -0.25) is 4.79 Å². The summed E-state index contributed by atoms with van der Waals surface area (Å²) in [5.74, 6) is -1.12. The first-order valence-corrected chi connectivity index (χ1v) is 7.07. The summed E-state index contributed by atoms with van der Waals surface area (Å²) >= 11 is 0. The van der Waals surface area contributed by atoms with Crippen LogP contribution in [0.1, 0.15) is 32.4 Å². The molecule has 124 valence electrons. The van der Waals surface area contributed by atoms with Crippen molar-refractivity contribution >= 4 is 17.8 Å². The Labute approximate surface area is 135 Å². The van der Waals surface area contributed by atoms with Crippen LogP contribution in [0.4, 0.5) is 4.79 Å². The third-order valence-corrected chi connectivity index (χ3v) is 2.66. The van der Waals surface area contributed by atoms with Crippen LogP contribution in [0.25, 0.3) is 0 Å². The molecular formula is C17H21NO5. The molecule has 1 N–H and O–H groups in total. The van der Waals surface area contributed by atoms with Gasteiger partial charge in [-0.1, -0.05) is 30.3 Å². The lowest BCUT2D eigenvalue weighted by Crippen LogP contribution is -2.37. The van der Waals surface area contributed by atoms with Gasteiger partial charge in [-0.15, -0.1) is 0 Å². The number of rotatable bonds is 5. The van der Waals surface area contributed by atoms with E-state index in [9.17, 15) is 14.4 Å². The molecule has 0 fully saturated rings. The maximum atomic E-state index is 12.3. The van der Waals surface area contributed by atoms with Crippen LogP contribution >= 0.6 is 0 Å². The minimum absolute atomic E-state index is 0.465. The van der Waals surface area contributed by atoms with Crippen molar-refractivity contribution in [2.75, 3.05) is 7.11 Å². The highest BCUT2D eigenvalue weighted by atomic mass is 16.6. The molecule has 0 radical (unpaired) electrons. The van der Waals surface area contributed by atoms with Crippen LogP contribution in [0.5, 0.6) is 0 Å². The monoisotopic (exact) mass is 319 g/mol. The molecule has 0 aliphatic rings. The number of methoxy groups -OCH3 is 1. The maximum absolute atomic E-state index is 12.3. The Hall–Kier alpha value is -2.63. The highest BCUT2D eigenvalue weighted by molar-refractivity contribution is 6.00. The second-order valence-corrected chi connectivity index (χ2v) is 5.75. The number of ether oxygens (including phenoxy) is 2. The summed E-state index contributed by atoms with van der Waals surface area (Å²) in [4.78, 5) is 35.4. The second kappa shape index (κ2) is 8.12. The molecule has 1 rings (SSSR count). The normalized spacial score (nSPS) is 12.5. The summed E-state index contributed by atoms with van der Waals surface area (Å²) in [5.41, 5.74) is -0.103. The number of esters is 1. The number of carbonyl (C=O) groups is 3. The summed E-state index contributed by atoms with van der Waals surface area (Å²) in [6, 6.07) is 7.74. The van der Waals surface area contributed by atoms with Crippen molar-refractivity contribution in [3.63, 3.8) is 0 Å². The van der Waals surface area contributed by atoms with Gasteiger partial charge in [0.15, 0.2) is 5.78 Å². The predicted octanol–water partition coefficient (Wildman–Crippen LogP) is 2.55. The van der Waals surface area contributed by atoms with Crippen molar-refractivity contribution in [3.05, 3.63) is 48.0 Å². The fourth-order valence-corrected chi connectivity index (χ4v) is 1.70. The fraction of sp³-hybridized carbons (Fsp3) is 0.353. The number of alkyl carbamates (subject to hydrolysis) is 1. The van der Waals surface area contributed by atoms with E-state index in [1.807, 2.05) is 0 Å². The van der Waals surface area contributed by atoms with Crippen molar-refractivity contribution in [1.29, 1.82) is 0 Å². The molecule has 6 nitrogen and oxygen atoms in total. The number of hydrogen-bond acceptors (Lipinski definition) is 5. The summed E-state index contributed by atoms with van der Waals surface area (Å²) in [6.07, 6.45) is 1.36. The van der Waals surface area contributed by atoms with Crippen LogP contribution in [0, 0.1) is 0 Å². The molecule has 0 aliphatic heterocycles. The molecule has 0 aliphatic carbocycles. The Bertz CT molecular complexity index is 587. The van der Waals surface area contributed by atoms with E-state index in [4.69, 9.17) is 4.74 Å². The Kier molecular flexibility index (Phi) is 6.50. The first-order chi connectivity index (χ1) is 10.7. The molecule has 1 atom stereocenters. The molecule has 1 aromatic rings. The largest absolute Gasteiger partial charge is 0.466 e. The average molecular weight is 319 g/mol. The lowest BCUT2D eigenvalue weighted by Gasteiger charge is -2.22. The topological polar surface area (TPSA) is 81.7 Å². The highest BCUT2D eigenvalue weighted by Crippen LogP contribution is 2.16. The third-order valence-electron chi connectivity index (χ3n) is 2.66. The lowest BCUT2D eigenvalue weighted by molar-refractivity contribution is -0.135. The zero-order valence-corrected chi connectivity index (χ0v) is 13.7. The molecule has 1 aromatic carbocycles. The van der Waals surface area contributed by atoms with Gasteiger partial charge in [-0.2, -0.15) is 0 Å². The van der Waals surface area contributed by atoms with E-state index in [1.54, 1.807) is 51.1 Å². The predicted molar refractivity (Wildman–Crippen MR) is 84.7 cm³/mol. The van der Waals surface area contributed by atoms with Gasteiger partial charge < -0.3 is 14.8 Å². The summed E-state index contributed by atoms with van der Waals surface area (Å²) in [6.45, 7) is 5.18. The molecule has 1 amide bonds. The summed E-state index contributed by atoms with van der Waals surface area (Å²) in [5, 5.41) is 2.52. The lowest BCUT2D eigenvalue weighted by atomic mass is 10.0. The average Bonchev–Trinajstić information content (AvgIpc) is 2.49. The van der Waals surface area contributed by atoms with E-state index in [1.165, 1.54) is 7.11 Å². The Morgan fingerprint density at radius 3 is 2.22 bits per heavy atom. The molecule has 0 aromatic heterocycles. The smallest absolute Gasteiger partial charge is 0.408 e. The van der Waals surface area contributed by atoms with E-state index in [-0.39, 0.29) is 0 Å². The Balaban J connectivity index is 2.95. The number of ketones is 1. The summed E-state index contributed by atoms with van der Waals surface area (Å²) < 4.78 is 9.61. The highest BCUT2D eigenvalue weighted by Gasteiger charge is 2.24. The number of hydrogen-bond donors (Lipinski definition) is 1. The van der Waals surface area contributed by atoms with Gasteiger partial charge in [0.25, 0.3) is 0 Å². The third kappa shape index (κ3) is 6.78. The van der Waals surface area contributed by atoms with Crippen molar-refractivity contribution in [2.45, 2.75) is 32.4 Å². The molecule has 0 bridgehead atoms. The van der Waals surface area contributed by atoms with Crippen molar-refractivity contribution in [1.82, 2.24) is 5.32 Å². The van der Waals surface area contributed by atoms with Crippen molar-refractivity contribution in [3.8, 4) is 0 Å². The fourth-order valence-electron chi connectivity index (χ4n) is 1.70. The molecule has 0 spiro atoms. The van der Waals surface area contributed by atoms with Crippen molar-refractivity contribution in [2.24, 2.45) is 0 Å². The van der Waals surface area contributed by atoms with Gasteiger partial charge >= 0.3 is 12.1 Å². The minimum Gasteiger partial charge on any atom is -0.466 e. The molecule has 0 unspecified atom stereocenters. The molecule has 6 heteroatoms. The van der Waals surface area contributed by atoms with Crippen LogP contribution in [-0.2, 0) is 19.1 Å². The van der Waals surface area contributed by atoms with Crippen LogP contribution in [0.2, 0.25) is 0 Å². The number of nitrogens with one attached hydrogen (secondary N) is 1. The van der Waals surface area contributed by atoms with Crippen LogP contribution in [0.15, 0.2) is 42.5 Å². The van der Waals surface area contributed by atoms with E-state index in [0.717, 1.165) is 12.2 Å². The van der Waals surface area contributed by atoms with E-state index >= 15 is 0 Å². The zero-order chi connectivity index (χ0) is 17.5. The SMILES string of the molecule is COC(=O)/C=C/C(=O)[C@H](NC(=O)OC(C)(C)C)c1ccccc1. The standard InChI is InChI=1S/C17H21NO5/c1-17(2,3)23-16(21)18-15(12-8-6-5-7-9-12)13(19)10-11-14(20)22-4/h5-11,15H,1-4H3,(H,18,21)/b11-10+/t15-/m1/s1. The molecule has 0 heterocycles. The number of benzene rings is 1. The van der Waals surface area contributed by atoms with E-state index in [0.29, 0.717) is 5.56 Å². The van der Waals surface area contributed by atoms with Gasteiger partial charge in [0.05, 0.1) is 7.11 Å². The second-order valence-electron chi connectivity index (χ2n) is 5.75.